The fraction of sp³-hybridized carbons (Fsp3) is 0.500. The van der Waals surface area contributed by atoms with Crippen molar-refractivity contribution in [1.29, 1.82) is 0 Å². The van der Waals surface area contributed by atoms with E-state index in [-0.39, 0.29) is 6.10 Å². The van der Waals surface area contributed by atoms with Crippen molar-refractivity contribution in [2.24, 2.45) is 0 Å². The van der Waals surface area contributed by atoms with Crippen LogP contribution in [0, 0.1) is 20.8 Å². The van der Waals surface area contributed by atoms with Gasteiger partial charge in [-0.25, -0.2) is 13.4 Å². The zero-order valence-electron chi connectivity index (χ0n) is 20.8. The molecule has 0 radical (unpaired) electrons. The van der Waals surface area contributed by atoms with Crippen molar-refractivity contribution in [2.75, 3.05) is 19.7 Å². The lowest BCUT2D eigenvalue weighted by Crippen LogP contribution is -2.30. The van der Waals surface area contributed by atoms with E-state index in [1.54, 1.807) is 23.9 Å². The van der Waals surface area contributed by atoms with E-state index in [4.69, 9.17) is 9.72 Å². The van der Waals surface area contributed by atoms with Gasteiger partial charge in [-0.3, -0.25) is 0 Å². The summed E-state index contributed by atoms with van der Waals surface area (Å²) in [5, 5.41) is 0.905. The zero-order valence-corrected chi connectivity index (χ0v) is 22.4. The predicted molar refractivity (Wildman–Crippen MR) is 139 cm³/mol. The average molecular weight is 502 g/mol. The molecule has 2 aromatic carbocycles. The molecule has 34 heavy (non-hydrogen) atoms. The summed E-state index contributed by atoms with van der Waals surface area (Å²) < 4.78 is 35.8. The molecule has 0 aliphatic carbocycles. The van der Waals surface area contributed by atoms with Gasteiger partial charge in [0.25, 0.3) is 0 Å². The van der Waals surface area contributed by atoms with Crippen LogP contribution in [0.1, 0.15) is 48.9 Å². The minimum absolute atomic E-state index is 0.165. The van der Waals surface area contributed by atoms with Crippen molar-refractivity contribution in [2.45, 2.75) is 75.9 Å². The van der Waals surface area contributed by atoms with Crippen molar-refractivity contribution in [3.8, 4) is 0 Å². The second-order valence-corrected chi connectivity index (χ2v) is 11.9. The summed E-state index contributed by atoms with van der Waals surface area (Å²) >= 11 is 1.71. The Balaban J connectivity index is 1.72. The maximum Gasteiger partial charge on any atom is 0.243 e. The van der Waals surface area contributed by atoms with Gasteiger partial charge in [0.2, 0.25) is 10.0 Å². The normalized spacial score (nSPS) is 16.7. The van der Waals surface area contributed by atoms with Crippen LogP contribution in [0.2, 0.25) is 0 Å². The van der Waals surface area contributed by atoms with E-state index in [1.165, 1.54) is 26.6 Å². The Bertz CT molecular complexity index is 1250. The molecule has 3 aromatic rings. The molecule has 8 heteroatoms. The molecule has 1 fully saturated rings. The molecule has 1 atom stereocenters. The molecule has 0 N–H and O–H groups in total. The Morgan fingerprint density at radius 2 is 1.82 bits per heavy atom. The van der Waals surface area contributed by atoms with Crippen LogP contribution in [-0.4, -0.2) is 48.1 Å². The second-order valence-electron chi connectivity index (χ2n) is 9.05. The molecule has 1 aliphatic rings. The van der Waals surface area contributed by atoms with Gasteiger partial charge >= 0.3 is 0 Å². The molecule has 1 aliphatic heterocycles. The highest BCUT2D eigenvalue weighted by Gasteiger charge is 2.25. The first-order valence-electron chi connectivity index (χ1n) is 12.1. The number of hydrogen-bond acceptors (Lipinski definition) is 5. The number of aryl methyl sites for hydroxylation is 3. The van der Waals surface area contributed by atoms with Crippen LogP contribution in [0.5, 0.6) is 0 Å². The summed E-state index contributed by atoms with van der Waals surface area (Å²) in [5.74, 6) is 0.817. The first kappa shape index (κ1) is 25.2. The van der Waals surface area contributed by atoms with Gasteiger partial charge in [0.1, 0.15) is 0 Å². The zero-order chi connectivity index (χ0) is 24.5. The summed E-state index contributed by atoms with van der Waals surface area (Å²) in [4.78, 5) is 5.22. The molecule has 0 saturated carbocycles. The molecule has 2 heterocycles. The summed E-state index contributed by atoms with van der Waals surface area (Å²) in [7, 11) is -3.54. The predicted octanol–water partition coefficient (Wildman–Crippen LogP) is 5.46. The smallest absolute Gasteiger partial charge is 0.243 e. The number of benzene rings is 2. The van der Waals surface area contributed by atoms with Gasteiger partial charge in [0.15, 0.2) is 5.16 Å². The molecule has 184 valence electrons. The van der Waals surface area contributed by atoms with Crippen molar-refractivity contribution in [3.05, 3.63) is 52.6 Å². The minimum atomic E-state index is -3.54. The van der Waals surface area contributed by atoms with Gasteiger partial charge in [-0.1, -0.05) is 43.3 Å². The Labute approximate surface area is 207 Å². The topological polar surface area (TPSA) is 64.4 Å². The molecule has 1 unspecified atom stereocenters. The molecular formula is C26H35N3O3S2. The Morgan fingerprint density at radius 3 is 2.44 bits per heavy atom. The maximum absolute atomic E-state index is 13.1. The van der Waals surface area contributed by atoms with Gasteiger partial charge in [-0.05, 0) is 68.5 Å². The SMILES string of the molecule is CCN(CC)S(=O)(=O)c1ccc2c(c1)nc(SCc1c(C)cc(C)cc1C)n2CC1CCCO1. The highest BCUT2D eigenvalue weighted by molar-refractivity contribution is 7.98. The Kier molecular flexibility index (Phi) is 7.72. The first-order valence-corrected chi connectivity index (χ1v) is 14.5. The molecule has 0 bridgehead atoms. The van der Waals surface area contributed by atoms with Crippen LogP contribution in [0.15, 0.2) is 40.4 Å². The van der Waals surface area contributed by atoms with Crippen LogP contribution < -0.4 is 0 Å². The number of rotatable bonds is 9. The quantitative estimate of drug-likeness (QED) is 0.364. The standard InChI is InChI=1S/C26H35N3O3S2/c1-6-28(7-2)34(30,31)22-10-11-25-24(15-22)27-26(29(25)16-21-9-8-12-32-21)33-17-23-19(4)13-18(3)14-20(23)5/h10-11,13-15,21H,6-9,12,16-17H2,1-5H3. The van der Waals surface area contributed by atoms with E-state index >= 15 is 0 Å². The lowest BCUT2D eigenvalue weighted by Gasteiger charge is -2.18. The van der Waals surface area contributed by atoms with E-state index in [1.807, 2.05) is 19.9 Å². The molecule has 1 aromatic heterocycles. The van der Waals surface area contributed by atoms with Crippen molar-refractivity contribution >= 4 is 32.8 Å². The van der Waals surface area contributed by atoms with Crippen LogP contribution in [0.25, 0.3) is 11.0 Å². The summed E-state index contributed by atoms with van der Waals surface area (Å²) in [6, 6.07) is 9.79. The number of sulfonamides is 1. The van der Waals surface area contributed by atoms with Gasteiger partial charge in [0.05, 0.1) is 28.6 Å². The third-order valence-electron chi connectivity index (χ3n) is 6.62. The third kappa shape index (κ3) is 5.05. The summed E-state index contributed by atoms with van der Waals surface area (Å²) in [6.07, 6.45) is 2.28. The second kappa shape index (κ2) is 10.4. The minimum Gasteiger partial charge on any atom is -0.376 e. The summed E-state index contributed by atoms with van der Waals surface area (Å²) in [5.41, 5.74) is 6.85. The molecule has 1 saturated heterocycles. The lowest BCUT2D eigenvalue weighted by molar-refractivity contribution is 0.0960. The van der Waals surface area contributed by atoms with Crippen LogP contribution in [0.3, 0.4) is 0 Å². The van der Waals surface area contributed by atoms with E-state index in [0.29, 0.717) is 23.5 Å². The molecule has 6 nitrogen and oxygen atoms in total. The highest BCUT2D eigenvalue weighted by Crippen LogP contribution is 2.32. The maximum atomic E-state index is 13.1. The number of thioether (sulfide) groups is 1. The van der Waals surface area contributed by atoms with Crippen molar-refractivity contribution < 1.29 is 13.2 Å². The largest absolute Gasteiger partial charge is 0.376 e. The molecule has 4 rings (SSSR count). The van der Waals surface area contributed by atoms with E-state index in [9.17, 15) is 8.42 Å². The summed E-state index contributed by atoms with van der Waals surface area (Å²) in [6.45, 7) is 12.6. The van der Waals surface area contributed by atoms with Gasteiger partial charge in [-0.15, -0.1) is 0 Å². The van der Waals surface area contributed by atoms with E-state index in [2.05, 4.69) is 37.5 Å². The van der Waals surface area contributed by atoms with E-state index < -0.39 is 10.0 Å². The van der Waals surface area contributed by atoms with Crippen molar-refractivity contribution in [3.63, 3.8) is 0 Å². The average Bonchev–Trinajstić information content (AvgIpc) is 3.41. The van der Waals surface area contributed by atoms with Gasteiger partial charge in [-0.2, -0.15) is 4.31 Å². The highest BCUT2D eigenvalue weighted by atomic mass is 32.2. The monoisotopic (exact) mass is 501 g/mol. The number of aromatic nitrogens is 2. The van der Waals surface area contributed by atoms with Crippen LogP contribution >= 0.6 is 11.8 Å². The van der Waals surface area contributed by atoms with Crippen LogP contribution in [-0.2, 0) is 27.1 Å². The number of nitrogens with zero attached hydrogens (tertiary/aromatic N) is 3. The molecular weight excluding hydrogens is 466 g/mol. The van der Waals surface area contributed by atoms with E-state index in [0.717, 1.165) is 42.4 Å². The molecule has 0 amide bonds. The van der Waals surface area contributed by atoms with Gasteiger partial charge < -0.3 is 9.30 Å². The first-order chi connectivity index (χ1) is 16.2. The number of ether oxygens (including phenoxy) is 1. The van der Waals surface area contributed by atoms with Gasteiger partial charge in [0, 0.05) is 25.4 Å². The number of hydrogen-bond donors (Lipinski definition) is 0. The number of imidazole rings is 1. The fourth-order valence-corrected chi connectivity index (χ4v) is 7.51. The van der Waals surface area contributed by atoms with Crippen LogP contribution in [0.4, 0.5) is 0 Å². The van der Waals surface area contributed by atoms with Crippen molar-refractivity contribution in [1.82, 2.24) is 13.9 Å². The molecule has 0 spiro atoms. The fourth-order valence-electron chi connectivity index (χ4n) is 4.81. The number of fused-ring (bicyclic) bond motifs is 1. The lowest BCUT2D eigenvalue weighted by atomic mass is 10.0. The third-order valence-corrected chi connectivity index (χ3v) is 9.67. The Morgan fingerprint density at radius 1 is 1.12 bits per heavy atom. The Hall–Kier alpha value is -1.87.